The SMILES string of the molecule is CCC(O)CCNCc1cc(F)ccc1O. The average molecular weight is 227 g/mol. The summed E-state index contributed by atoms with van der Waals surface area (Å²) in [5.41, 5.74) is 0.533. The van der Waals surface area contributed by atoms with Crippen LogP contribution in [0.1, 0.15) is 25.3 Å². The van der Waals surface area contributed by atoms with Gasteiger partial charge < -0.3 is 15.5 Å². The van der Waals surface area contributed by atoms with E-state index in [1.807, 2.05) is 6.92 Å². The first kappa shape index (κ1) is 12.9. The zero-order valence-electron chi connectivity index (χ0n) is 9.41. The first-order valence-electron chi connectivity index (χ1n) is 5.49. The van der Waals surface area contributed by atoms with Gasteiger partial charge in [-0.2, -0.15) is 0 Å². The van der Waals surface area contributed by atoms with E-state index in [0.717, 1.165) is 6.42 Å². The Hall–Kier alpha value is -1.13. The number of aromatic hydroxyl groups is 1. The molecule has 90 valence electrons. The molecule has 1 atom stereocenters. The van der Waals surface area contributed by atoms with E-state index in [1.165, 1.54) is 18.2 Å². The number of aliphatic hydroxyl groups excluding tert-OH is 1. The molecule has 0 heterocycles. The van der Waals surface area contributed by atoms with Crippen molar-refractivity contribution in [3.8, 4) is 5.75 Å². The third-order valence-corrected chi connectivity index (χ3v) is 2.48. The summed E-state index contributed by atoms with van der Waals surface area (Å²) in [5.74, 6) is -0.270. The summed E-state index contributed by atoms with van der Waals surface area (Å²) in [4.78, 5) is 0. The highest BCUT2D eigenvalue weighted by atomic mass is 19.1. The van der Waals surface area contributed by atoms with Gasteiger partial charge in [-0.3, -0.25) is 0 Å². The van der Waals surface area contributed by atoms with Crippen LogP contribution in [-0.2, 0) is 6.54 Å². The van der Waals surface area contributed by atoms with Crippen molar-refractivity contribution in [3.05, 3.63) is 29.6 Å². The molecule has 0 radical (unpaired) electrons. The fourth-order valence-corrected chi connectivity index (χ4v) is 1.39. The van der Waals surface area contributed by atoms with Crippen LogP contribution in [0.25, 0.3) is 0 Å². The minimum Gasteiger partial charge on any atom is -0.508 e. The predicted molar refractivity (Wildman–Crippen MR) is 60.7 cm³/mol. The second-order valence-electron chi connectivity index (χ2n) is 3.80. The Bertz CT molecular complexity index is 331. The van der Waals surface area contributed by atoms with E-state index in [1.54, 1.807) is 0 Å². The van der Waals surface area contributed by atoms with Crippen molar-refractivity contribution in [1.29, 1.82) is 0 Å². The first-order valence-corrected chi connectivity index (χ1v) is 5.49. The molecule has 0 aliphatic rings. The summed E-state index contributed by atoms with van der Waals surface area (Å²) in [7, 11) is 0. The Labute approximate surface area is 94.9 Å². The highest BCUT2D eigenvalue weighted by Gasteiger charge is 2.03. The molecule has 4 heteroatoms. The van der Waals surface area contributed by atoms with E-state index >= 15 is 0 Å². The highest BCUT2D eigenvalue weighted by molar-refractivity contribution is 5.32. The predicted octanol–water partition coefficient (Wildman–Crippen LogP) is 1.78. The number of nitrogens with one attached hydrogen (secondary N) is 1. The van der Waals surface area contributed by atoms with Crippen LogP contribution in [-0.4, -0.2) is 22.9 Å². The monoisotopic (exact) mass is 227 g/mol. The number of rotatable bonds is 6. The maximum Gasteiger partial charge on any atom is 0.123 e. The van der Waals surface area contributed by atoms with Gasteiger partial charge in [0.25, 0.3) is 0 Å². The third kappa shape index (κ3) is 4.16. The van der Waals surface area contributed by atoms with Crippen LogP contribution in [0.2, 0.25) is 0 Å². The Morgan fingerprint density at radius 3 is 2.88 bits per heavy atom. The summed E-state index contributed by atoms with van der Waals surface area (Å²) in [6.45, 7) is 2.97. The fourth-order valence-electron chi connectivity index (χ4n) is 1.39. The molecule has 0 aliphatic heterocycles. The standard InChI is InChI=1S/C12H18FNO2/c1-2-11(15)5-6-14-8-9-7-10(13)3-4-12(9)16/h3-4,7,11,14-16H,2,5-6,8H2,1H3. The molecule has 1 rings (SSSR count). The van der Waals surface area contributed by atoms with E-state index in [4.69, 9.17) is 0 Å². The number of phenolic OH excluding ortho intramolecular Hbond substituents is 1. The van der Waals surface area contributed by atoms with Crippen LogP contribution in [0.3, 0.4) is 0 Å². The van der Waals surface area contributed by atoms with Gasteiger partial charge in [-0.1, -0.05) is 6.92 Å². The molecule has 0 spiro atoms. The van der Waals surface area contributed by atoms with Gasteiger partial charge in [0, 0.05) is 12.1 Å². The normalized spacial score (nSPS) is 12.7. The highest BCUT2D eigenvalue weighted by Crippen LogP contribution is 2.17. The lowest BCUT2D eigenvalue weighted by molar-refractivity contribution is 0.159. The zero-order valence-corrected chi connectivity index (χ0v) is 9.41. The Morgan fingerprint density at radius 2 is 2.19 bits per heavy atom. The van der Waals surface area contributed by atoms with Gasteiger partial charge in [-0.05, 0) is 37.6 Å². The van der Waals surface area contributed by atoms with Gasteiger partial charge in [0.2, 0.25) is 0 Å². The summed E-state index contributed by atoms with van der Waals surface area (Å²) in [5, 5.41) is 21.8. The van der Waals surface area contributed by atoms with E-state index < -0.39 is 0 Å². The fraction of sp³-hybridized carbons (Fsp3) is 0.500. The zero-order chi connectivity index (χ0) is 12.0. The van der Waals surface area contributed by atoms with Gasteiger partial charge in [0.1, 0.15) is 11.6 Å². The van der Waals surface area contributed by atoms with Crippen molar-refractivity contribution >= 4 is 0 Å². The van der Waals surface area contributed by atoms with E-state index in [0.29, 0.717) is 25.1 Å². The Morgan fingerprint density at radius 1 is 1.44 bits per heavy atom. The molecule has 0 bridgehead atoms. The van der Waals surface area contributed by atoms with Crippen LogP contribution in [0.15, 0.2) is 18.2 Å². The molecule has 1 aromatic carbocycles. The van der Waals surface area contributed by atoms with E-state index in [2.05, 4.69) is 5.32 Å². The van der Waals surface area contributed by atoms with Gasteiger partial charge in [0.05, 0.1) is 6.10 Å². The second-order valence-corrected chi connectivity index (χ2v) is 3.80. The Balaban J connectivity index is 2.34. The molecule has 1 unspecified atom stereocenters. The van der Waals surface area contributed by atoms with Crippen molar-refractivity contribution < 1.29 is 14.6 Å². The number of phenols is 1. The molecule has 0 saturated heterocycles. The maximum absolute atomic E-state index is 12.9. The van der Waals surface area contributed by atoms with Crippen LogP contribution in [0.4, 0.5) is 4.39 Å². The summed E-state index contributed by atoms with van der Waals surface area (Å²) in [6.07, 6.45) is 1.09. The van der Waals surface area contributed by atoms with Crippen LogP contribution < -0.4 is 5.32 Å². The van der Waals surface area contributed by atoms with E-state index in [9.17, 15) is 14.6 Å². The smallest absolute Gasteiger partial charge is 0.123 e. The van der Waals surface area contributed by atoms with Gasteiger partial charge in [-0.15, -0.1) is 0 Å². The lowest BCUT2D eigenvalue weighted by Crippen LogP contribution is -2.19. The summed E-state index contributed by atoms with van der Waals surface area (Å²) >= 11 is 0. The maximum atomic E-state index is 12.9. The van der Waals surface area contributed by atoms with Crippen LogP contribution in [0, 0.1) is 5.82 Å². The molecule has 0 fully saturated rings. The molecule has 1 aromatic rings. The molecule has 0 aromatic heterocycles. The first-order chi connectivity index (χ1) is 7.63. The topological polar surface area (TPSA) is 52.5 Å². The van der Waals surface area contributed by atoms with Gasteiger partial charge in [0.15, 0.2) is 0 Å². The molecule has 0 amide bonds. The van der Waals surface area contributed by atoms with Crippen LogP contribution >= 0.6 is 0 Å². The van der Waals surface area contributed by atoms with Crippen molar-refractivity contribution in [2.45, 2.75) is 32.4 Å². The minimum absolute atomic E-state index is 0.0879. The molecule has 16 heavy (non-hydrogen) atoms. The lowest BCUT2D eigenvalue weighted by Gasteiger charge is -2.09. The second kappa shape index (κ2) is 6.45. The molecular formula is C12H18FNO2. The van der Waals surface area contributed by atoms with E-state index in [-0.39, 0.29) is 17.7 Å². The number of benzene rings is 1. The summed E-state index contributed by atoms with van der Waals surface area (Å²) < 4.78 is 12.9. The number of aliphatic hydroxyl groups is 1. The quantitative estimate of drug-likeness (QED) is 0.649. The van der Waals surface area contributed by atoms with Gasteiger partial charge >= 0.3 is 0 Å². The lowest BCUT2D eigenvalue weighted by atomic mass is 10.2. The third-order valence-electron chi connectivity index (χ3n) is 2.48. The van der Waals surface area contributed by atoms with Gasteiger partial charge in [-0.25, -0.2) is 4.39 Å². The average Bonchev–Trinajstić information content (AvgIpc) is 2.28. The molecule has 0 aliphatic carbocycles. The van der Waals surface area contributed by atoms with Crippen molar-refractivity contribution in [3.63, 3.8) is 0 Å². The molecule has 3 N–H and O–H groups in total. The van der Waals surface area contributed by atoms with Crippen molar-refractivity contribution in [1.82, 2.24) is 5.32 Å². The Kier molecular flexibility index (Phi) is 5.22. The van der Waals surface area contributed by atoms with Crippen LogP contribution in [0.5, 0.6) is 5.75 Å². The number of hydrogen-bond acceptors (Lipinski definition) is 3. The molecular weight excluding hydrogens is 209 g/mol. The number of hydrogen-bond donors (Lipinski definition) is 3. The van der Waals surface area contributed by atoms with Crippen molar-refractivity contribution in [2.24, 2.45) is 0 Å². The molecule has 0 saturated carbocycles. The number of halogens is 1. The minimum atomic E-state index is -0.358. The largest absolute Gasteiger partial charge is 0.508 e. The molecule has 3 nitrogen and oxygen atoms in total. The van der Waals surface area contributed by atoms with Crippen molar-refractivity contribution in [2.75, 3.05) is 6.54 Å². The summed E-state index contributed by atoms with van der Waals surface area (Å²) in [6, 6.07) is 3.87.